The number of nitrogens with two attached hydrogens (primary N) is 1. The van der Waals surface area contributed by atoms with Gasteiger partial charge in [-0.2, -0.15) is 4.99 Å². The van der Waals surface area contributed by atoms with Gasteiger partial charge in [-0.25, -0.2) is 14.9 Å². The molecule has 4 rings (SSSR count). The maximum Gasteiger partial charge on any atom is 0.365 e. The fourth-order valence-electron chi connectivity index (χ4n) is 2.84. The summed E-state index contributed by atoms with van der Waals surface area (Å²) in [7, 11) is 0. The molecule has 0 bridgehead atoms. The van der Waals surface area contributed by atoms with E-state index in [9.17, 15) is 0 Å². The largest absolute Gasteiger partial charge is 0.365 e. The predicted molar refractivity (Wildman–Crippen MR) is 83.1 cm³/mol. The summed E-state index contributed by atoms with van der Waals surface area (Å²) in [4.78, 5) is 7.94. The van der Waals surface area contributed by atoms with E-state index in [2.05, 4.69) is 51.0 Å². The second-order valence-electron chi connectivity index (χ2n) is 5.29. The van der Waals surface area contributed by atoms with Crippen LogP contribution < -0.4 is 15.6 Å². The number of fused-ring (bicyclic) bond motifs is 3. The topological polar surface area (TPSA) is 70.1 Å². The lowest BCUT2D eigenvalue weighted by atomic mass is 10.1. The Morgan fingerprint density at radius 2 is 2.00 bits per heavy atom. The van der Waals surface area contributed by atoms with Gasteiger partial charge in [-0.15, -0.1) is 0 Å². The molecule has 4 N–H and O–H groups in total. The number of H-pyrrole nitrogens is 1. The van der Waals surface area contributed by atoms with Crippen LogP contribution in [-0.2, 0) is 0 Å². The number of hydrogen-bond acceptors (Lipinski definition) is 3. The van der Waals surface area contributed by atoms with Gasteiger partial charge in [0, 0.05) is 5.56 Å². The Kier molecular flexibility index (Phi) is 2.47. The molecule has 0 aliphatic carbocycles. The van der Waals surface area contributed by atoms with Crippen molar-refractivity contribution in [1.82, 2.24) is 4.98 Å². The summed E-state index contributed by atoms with van der Waals surface area (Å²) < 4.78 is 2.14. The van der Waals surface area contributed by atoms with Gasteiger partial charge in [0.05, 0.1) is 0 Å². The van der Waals surface area contributed by atoms with Gasteiger partial charge in [-0.1, -0.05) is 42.0 Å². The number of imidazole rings is 1. The second-order valence-corrected chi connectivity index (χ2v) is 5.29. The van der Waals surface area contributed by atoms with Gasteiger partial charge in [0.2, 0.25) is 6.17 Å². The highest BCUT2D eigenvalue weighted by Gasteiger charge is 2.30. The molecule has 0 amide bonds. The molecule has 1 aromatic heterocycles. The normalized spacial score (nSPS) is 17.2. The smallest absolute Gasteiger partial charge is 0.357 e. The third-order valence-electron chi connectivity index (χ3n) is 3.75. The number of aromatic nitrogens is 2. The van der Waals surface area contributed by atoms with Crippen LogP contribution in [0.2, 0.25) is 0 Å². The molecule has 0 saturated carbocycles. The van der Waals surface area contributed by atoms with Gasteiger partial charge in [0.15, 0.2) is 0 Å². The van der Waals surface area contributed by atoms with E-state index in [0.717, 1.165) is 22.5 Å². The third-order valence-corrected chi connectivity index (χ3v) is 3.75. The molecule has 2 heterocycles. The van der Waals surface area contributed by atoms with Crippen LogP contribution >= 0.6 is 0 Å². The third kappa shape index (κ3) is 1.86. The number of guanidine groups is 1. The number of nitrogens with zero attached hydrogens (tertiary/aromatic N) is 2. The van der Waals surface area contributed by atoms with E-state index < -0.39 is 0 Å². The Balaban J connectivity index is 1.97. The van der Waals surface area contributed by atoms with Crippen LogP contribution in [0, 0.1) is 6.92 Å². The first-order valence-electron chi connectivity index (χ1n) is 6.91. The zero-order valence-corrected chi connectivity index (χ0v) is 11.7. The summed E-state index contributed by atoms with van der Waals surface area (Å²) in [6, 6.07) is 16.5. The zero-order valence-electron chi connectivity index (χ0n) is 11.7. The first-order valence-corrected chi connectivity index (χ1v) is 6.91. The highest BCUT2D eigenvalue weighted by molar-refractivity contribution is 5.92. The highest BCUT2D eigenvalue weighted by atomic mass is 15.4. The summed E-state index contributed by atoms with van der Waals surface area (Å²) in [5, 5.41) is 3.10. The quantitative estimate of drug-likeness (QED) is 0.596. The summed E-state index contributed by atoms with van der Waals surface area (Å²) >= 11 is 0. The molecule has 1 aliphatic rings. The average molecular weight is 278 g/mol. The average Bonchev–Trinajstić information content (AvgIpc) is 2.84. The number of anilines is 1. The molecule has 1 aliphatic heterocycles. The minimum Gasteiger partial charge on any atom is -0.357 e. The minimum atomic E-state index is -0.155. The van der Waals surface area contributed by atoms with Crippen LogP contribution in [0.15, 0.2) is 53.5 Å². The van der Waals surface area contributed by atoms with Gasteiger partial charge < -0.3 is 5.73 Å². The minimum absolute atomic E-state index is 0.155. The molecule has 21 heavy (non-hydrogen) atoms. The summed E-state index contributed by atoms with van der Waals surface area (Å²) in [5.74, 6) is 1.28. The highest BCUT2D eigenvalue weighted by Crippen LogP contribution is 2.24. The molecule has 104 valence electrons. The predicted octanol–water partition coefficient (Wildman–Crippen LogP) is 2.05. The zero-order chi connectivity index (χ0) is 14.4. The van der Waals surface area contributed by atoms with Crippen molar-refractivity contribution in [2.24, 2.45) is 10.7 Å². The van der Waals surface area contributed by atoms with E-state index >= 15 is 0 Å². The van der Waals surface area contributed by atoms with E-state index in [-0.39, 0.29) is 6.17 Å². The van der Waals surface area contributed by atoms with E-state index in [1.807, 2.05) is 24.3 Å². The lowest BCUT2D eigenvalue weighted by Gasteiger charge is -2.18. The summed E-state index contributed by atoms with van der Waals surface area (Å²) in [6.07, 6.45) is -0.155. The molecule has 0 spiro atoms. The number of benzene rings is 2. The Labute approximate surface area is 122 Å². The molecule has 2 aromatic carbocycles. The molecular formula is C16H16N5+. The number of para-hydroxylation sites is 2. The maximum atomic E-state index is 5.94. The van der Waals surface area contributed by atoms with Crippen LogP contribution in [0.5, 0.6) is 0 Å². The van der Waals surface area contributed by atoms with Gasteiger partial charge in [-0.3, -0.25) is 0 Å². The van der Waals surface area contributed by atoms with Crippen molar-refractivity contribution >= 4 is 22.9 Å². The number of nitrogens with one attached hydrogen (secondary N) is 2. The van der Waals surface area contributed by atoms with Gasteiger partial charge in [0.25, 0.3) is 5.96 Å². The van der Waals surface area contributed by atoms with Crippen LogP contribution in [-0.4, -0.2) is 10.9 Å². The van der Waals surface area contributed by atoms with Gasteiger partial charge >= 0.3 is 5.95 Å². The van der Waals surface area contributed by atoms with Crippen LogP contribution in [0.4, 0.5) is 5.95 Å². The van der Waals surface area contributed by atoms with Crippen molar-refractivity contribution in [2.75, 3.05) is 5.32 Å². The lowest BCUT2D eigenvalue weighted by Crippen LogP contribution is -2.48. The molecule has 0 radical (unpaired) electrons. The van der Waals surface area contributed by atoms with Crippen LogP contribution in [0.3, 0.4) is 0 Å². The van der Waals surface area contributed by atoms with Crippen molar-refractivity contribution < 1.29 is 4.57 Å². The van der Waals surface area contributed by atoms with Crippen LogP contribution in [0.1, 0.15) is 17.3 Å². The SMILES string of the molecule is Cc1cccc([C@H]2N=C(N)Nc3[nH]c4ccccc4[n+]32)c1. The molecule has 5 heteroatoms. The molecular weight excluding hydrogens is 262 g/mol. The molecule has 0 fully saturated rings. The number of aromatic amines is 1. The Morgan fingerprint density at radius 1 is 1.14 bits per heavy atom. The first-order chi connectivity index (χ1) is 10.2. The van der Waals surface area contributed by atoms with Crippen molar-refractivity contribution in [2.45, 2.75) is 13.1 Å². The Morgan fingerprint density at radius 3 is 2.86 bits per heavy atom. The fourth-order valence-corrected chi connectivity index (χ4v) is 2.84. The van der Waals surface area contributed by atoms with E-state index in [4.69, 9.17) is 5.73 Å². The summed E-state index contributed by atoms with van der Waals surface area (Å²) in [5.41, 5.74) is 10.4. The molecule has 0 saturated heterocycles. The molecule has 3 aromatic rings. The van der Waals surface area contributed by atoms with Crippen molar-refractivity contribution in [3.63, 3.8) is 0 Å². The second kappa shape index (κ2) is 4.34. The van der Waals surface area contributed by atoms with E-state index in [1.165, 1.54) is 5.56 Å². The van der Waals surface area contributed by atoms with Crippen molar-refractivity contribution in [3.05, 3.63) is 59.7 Å². The molecule has 0 unspecified atom stereocenters. The number of hydrogen-bond donors (Lipinski definition) is 3. The Bertz CT molecular complexity index is 862. The van der Waals surface area contributed by atoms with E-state index in [1.54, 1.807) is 0 Å². The van der Waals surface area contributed by atoms with Crippen molar-refractivity contribution in [1.29, 1.82) is 0 Å². The monoisotopic (exact) mass is 278 g/mol. The van der Waals surface area contributed by atoms with Crippen molar-refractivity contribution in [3.8, 4) is 0 Å². The molecule has 5 nitrogen and oxygen atoms in total. The number of aryl methyl sites for hydroxylation is 1. The number of rotatable bonds is 1. The maximum absolute atomic E-state index is 5.94. The standard InChI is InChI=1S/C16H15N5/c1-10-5-4-6-11(9-10)14-19-15(17)20-16-18-12-7-2-3-8-13(12)21(14)16/h2-9,14H,1H3,(H3,17,18,19,20)/p+1/t14-/m0/s1. The van der Waals surface area contributed by atoms with Gasteiger partial charge in [-0.05, 0) is 19.1 Å². The number of aliphatic imine (C=N–C) groups is 1. The van der Waals surface area contributed by atoms with Crippen LogP contribution in [0.25, 0.3) is 11.0 Å². The first kappa shape index (κ1) is 12.0. The summed E-state index contributed by atoms with van der Waals surface area (Å²) in [6.45, 7) is 2.08. The lowest BCUT2D eigenvalue weighted by molar-refractivity contribution is -0.674. The molecule has 1 atom stereocenters. The Hall–Kier alpha value is -2.82. The van der Waals surface area contributed by atoms with Gasteiger partial charge in [0.1, 0.15) is 11.0 Å². The fraction of sp³-hybridized carbons (Fsp3) is 0.125. The van der Waals surface area contributed by atoms with E-state index in [0.29, 0.717) is 5.96 Å².